The maximum atomic E-state index is 12.3. The highest BCUT2D eigenvalue weighted by Gasteiger charge is 2.09. The van der Waals surface area contributed by atoms with Crippen molar-refractivity contribution in [3.8, 4) is 11.5 Å². The summed E-state index contributed by atoms with van der Waals surface area (Å²) in [6, 6.07) is 11.9. The van der Waals surface area contributed by atoms with Gasteiger partial charge in [0.1, 0.15) is 23.9 Å². The Morgan fingerprint density at radius 2 is 2.00 bits per heavy atom. The highest BCUT2D eigenvalue weighted by Crippen LogP contribution is 2.24. The van der Waals surface area contributed by atoms with Crippen molar-refractivity contribution < 1.29 is 14.6 Å². The van der Waals surface area contributed by atoms with E-state index >= 15 is 0 Å². The first-order valence-corrected chi connectivity index (χ1v) is 7.83. The van der Waals surface area contributed by atoms with Crippen LogP contribution in [0.5, 0.6) is 11.5 Å². The van der Waals surface area contributed by atoms with Gasteiger partial charge in [-0.3, -0.25) is 4.79 Å². The van der Waals surface area contributed by atoms with Gasteiger partial charge in [0.15, 0.2) is 0 Å². The smallest absolute Gasteiger partial charge is 0.255 e. The lowest BCUT2D eigenvalue weighted by Gasteiger charge is -2.09. The molecule has 0 unspecified atom stereocenters. The fourth-order valence-electron chi connectivity index (χ4n) is 2.33. The molecule has 1 aromatic heterocycles. The number of aromatic hydroxyl groups is 1. The van der Waals surface area contributed by atoms with E-state index in [0.717, 1.165) is 11.4 Å². The summed E-state index contributed by atoms with van der Waals surface area (Å²) < 4.78 is 7.55. The van der Waals surface area contributed by atoms with E-state index in [1.165, 1.54) is 0 Å². The maximum absolute atomic E-state index is 12.3. The highest BCUT2D eigenvalue weighted by atomic mass is 16.5. The quantitative estimate of drug-likeness (QED) is 0.701. The molecule has 0 radical (unpaired) electrons. The lowest BCUT2D eigenvalue weighted by atomic mass is 10.1. The van der Waals surface area contributed by atoms with Crippen LogP contribution < -0.4 is 10.1 Å². The Morgan fingerprint density at radius 3 is 2.64 bits per heavy atom. The largest absolute Gasteiger partial charge is 0.506 e. The molecule has 0 bridgehead atoms. The standard InChI is InChI=1S/C19H19N3O3/c1-13-3-8-16(17(23)11-13)21-19(24)14-4-6-15(7-5-14)25-12-18-20-9-10-22(18)2/h3-11,23H,12H2,1-2H3,(H,21,24). The van der Waals surface area contributed by atoms with E-state index < -0.39 is 0 Å². The van der Waals surface area contributed by atoms with Gasteiger partial charge in [0.25, 0.3) is 5.91 Å². The van der Waals surface area contributed by atoms with Crippen LogP contribution in [-0.4, -0.2) is 20.6 Å². The van der Waals surface area contributed by atoms with E-state index in [1.807, 2.05) is 30.8 Å². The molecule has 6 heteroatoms. The van der Waals surface area contributed by atoms with E-state index in [4.69, 9.17) is 4.74 Å². The molecule has 0 saturated heterocycles. The molecule has 2 N–H and O–H groups in total. The molecule has 0 fully saturated rings. The van der Waals surface area contributed by atoms with Crippen molar-refractivity contribution in [3.63, 3.8) is 0 Å². The molecule has 0 aliphatic carbocycles. The van der Waals surface area contributed by atoms with Gasteiger partial charge in [-0.2, -0.15) is 0 Å². The van der Waals surface area contributed by atoms with Crippen LogP contribution in [0.25, 0.3) is 0 Å². The van der Waals surface area contributed by atoms with Crippen LogP contribution in [0.1, 0.15) is 21.7 Å². The van der Waals surface area contributed by atoms with Crippen molar-refractivity contribution in [2.24, 2.45) is 7.05 Å². The normalized spacial score (nSPS) is 10.5. The second-order valence-electron chi connectivity index (χ2n) is 5.74. The molecule has 0 atom stereocenters. The zero-order valence-electron chi connectivity index (χ0n) is 14.1. The molecule has 0 spiro atoms. The molecule has 25 heavy (non-hydrogen) atoms. The SMILES string of the molecule is Cc1ccc(NC(=O)c2ccc(OCc3nccn3C)cc2)c(O)c1. The number of carbonyl (C=O) groups is 1. The van der Waals surface area contributed by atoms with Gasteiger partial charge in [-0.15, -0.1) is 0 Å². The van der Waals surface area contributed by atoms with Gasteiger partial charge in [-0.1, -0.05) is 6.07 Å². The number of aryl methyl sites for hydroxylation is 2. The number of aromatic nitrogens is 2. The Morgan fingerprint density at radius 1 is 1.24 bits per heavy atom. The van der Waals surface area contributed by atoms with Crippen molar-refractivity contribution >= 4 is 11.6 Å². The lowest BCUT2D eigenvalue weighted by Crippen LogP contribution is -2.12. The number of ether oxygens (including phenoxy) is 1. The molecule has 2 aromatic carbocycles. The number of imidazole rings is 1. The number of nitrogens with zero attached hydrogens (tertiary/aromatic N) is 2. The highest BCUT2D eigenvalue weighted by molar-refractivity contribution is 6.05. The summed E-state index contributed by atoms with van der Waals surface area (Å²) in [4.78, 5) is 16.5. The molecular weight excluding hydrogens is 318 g/mol. The first kappa shape index (κ1) is 16.6. The van der Waals surface area contributed by atoms with Crippen LogP contribution in [0.2, 0.25) is 0 Å². The van der Waals surface area contributed by atoms with Crippen molar-refractivity contribution in [2.45, 2.75) is 13.5 Å². The summed E-state index contributed by atoms with van der Waals surface area (Å²) in [7, 11) is 1.90. The lowest BCUT2D eigenvalue weighted by molar-refractivity contribution is 0.102. The summed E-state index contributed by atoms with van der Waals surface area (Å²) in [5, 5.41) is 12.6. The Labute approximate surface area is 145 Å². The molecule has 0 aliphatic heterocycles. The molecule has 6 nitrogen and oxygen atoms in total. The molecule has 0 saturated carbocycles. The average Bonchev–Trinajstić information content (AvgIpc) is 3.01. The number of carbonyl (C=O) groups excluding carboxylic acids is 1. The zero-order valence-corrected chi connectivity index (χ0v) is 14.1. The zero-order chi connectivity index (χ0) is 17.8. The van der Waals surface area contributed by atoms with Crippen LogP contribution in [0, 0.1) is 6.92 Å². The van der Waals surface area contributed by atoms with Crippen LogP contribution in [-0.2, 0) is 13.7 Å². The number of benzene rings is 2. The fraction of sp³-hybridized carbons (Fsp3) is 0.158. The van der Waals surface area contributed by atoms with Crippen molar-refractivity contribution in [2.75, 3.05) is 5.32 Å². The van der Waals surface area contributed by atoms with E-state index in [1.54, 1.807) is 42.6 Å². The van der Waals surface area contributed by atoms with E-state index in [9.17, 15) is 9.90 Å². The minimum atomic E-state index is -0.296. The summed E-state index contributed by atoms with van der Waals surface area (Å²) in [6.45, 7) is 2.22. The maximum Gasteiger partial charge on any atom is 0.255 e. The van der Waals surface area contributed by atoms with Gasteiger partial charge < -0.3 is 19.7 Å². The second-order valence-corrected chi connectivity index (χ2v) is 5.74. The van der Waals surface area contributed by atoms with Gasteiger partial charge >= 0.3 is 0 Å². The minimum Gasteiger partial charge on any atom is -0.506 e. The van der Waals surface area contributed by atoms with Crippen LogP contribution in [0.3, 0.4) is 0 Å². The molecular formula is C19H19N3O3. The molecule has 128 valence electrons. The number of amides is 1. The molecule has 1 amide bonds. The molecule has 0 aliphatic rings. The molecule has 3 aromatic rings. The topological polar surface area (TPSA) is 76.4 Å². The van der Waals surface area contributed by atoms with Crippen molar-refractivity contribution in [1.82, 2.24) is 9.55 Å². The van der Waals surface area contributed by atoms with E-state index in [2.05, 4.69) is 10.3 Å². The minimum absolute atomic E-state index is 0.0448. The number of hydrogen-bond donors (Lipinski definition) is 2. The Balaban J connectivity index is 1.63. The molecule has 3 rings (SSSR count). The van der Waals surface area contributed by atoms with Crippen LogP contribution in [0.15, 0.2) is 54.9 Å². The third kappa shape index (κ3) is 3.98. The first-order chi connectivity index (χ1) is 12.0. The number of nitrogens with one attached hydrogen (secondary N) is 1. The van der Waals surface area contributed by atoms with Crippen LogP contribution in [0.4, 0.5) is 5.69 Å². The second kappa shape index (κ2) is 7.09. The van der Waals surface area contributed by atoms with Gasteiger partial charge in [0.05, 0.1) is 5.69 Å². The number of hydrogen-bond acceptors (Lipinski definition) is 4. The van der Waals surface area contributed by atoms with Crippen molar-refractivity contribution in [1.29, 1.82) is 0 Å². The third-order valence-electron chi connectivity index (χ3n) is 3.81. The average molecular weight is 337 g/mol. The third-order valence-corrected chi connectivity index (χ3v) is 3.81. The number of phenolic OH excluding ortho intramolecular Hbond substituents is 1. The van der Waals surface area contributed by atoms with Crippen molar-refractivity contribution in [3.05, 3.63) is 71.8 Å². The van der Waals surface area contributed by atoms with Gasteiger partial charge in [-0.25, -0.2) is 4.98 Å². The van der Waals surface area contributed by atoms with E-state index in [-0.39, 0.29) is 11.7 Å². The first-order valence-electron chi connectivity index (χ1n) is 7.83. The number of anilines is 1. The molecule has 1 heterocycles. The van der Waals surface area contributed by atoms with E-state index in [0.29, 0.717) is 23.6 Å². The van der Waals surface area contributed by atoms with Gasteiger partial charge in [0, 0.05) is 25.0 Å². The summed E-state index contributed by atoms with van der Waals surface area (Å²) in [5.41, 5.74) is 1.78. The van der Waals surface area contributed by atoms with Gasteiger partial charge in [0.2, 0.25) is 0 Å². The fourth-order valence-corrected chi connectivity index (χ4v) is 2.33. The predicted octanol–water partition coefficient (Wildman–Crippen LogP) is 3.27. The Kier molecular flexibility index (Phi) is 4.70. The number of phenols is 1. The predicted molar refractivity (Wildman–Crippen MR) is 94.8 cm³/mol. The summed E-state index contributed by atoms with van der Waals surface area (Å²) >= 11 is 0. The van der Waals surface area contributed by atoms with Crippen LogP contribution >= 0.6 is 0 Å². The monoisotopic (exact) mass is 337 g/mol. The summed E-state index contributed by atoms with van der Waals surface area (Å²) in [5.74, 6) is 1.22. The summed E-state index contributed by atoms with van der Waals surface area (Å²) in [6.07, 6.45) is 3.57. The number of rotatable bonds is 5. The van der Waals surface area contributed by atoms with Gasteiger partial charge in [-0.05, 0) is 48.9 Å². The Bertz CT molecular complexity index is 885. The Hall–Kier alpha value is -3.28.